The minimum Gasteiger partial charge on any atom is -0.278 e. The van der Waals surface area contributed by atoms with E-state index in [4.69, 9.17) is 4.98 Å². The van der Waals surface area contributed by atoms with Crippen LogP contribution in [0, 0.1) is 13.8 Å². The van der Waals surface area contributed by atoms with Crippen LogP contribution in [0.5, 0.6) is 0 Å². The van der Waals surface area contributed by atoms with Gasteiger partial charge in [-0.05, 0) is 61.4 Å². The highest BCUT2D eigenvalue weighted by Gasteiger charge is 2.23. The molecular weight excluding hydrogens is 412 g/mol. The molecular formula is C23H18N4OS2. The number of amides is 1. The van der Waals surface area contributed by atoms with Gasteiger partial charge in [-0.15, -0.1) is 11.3 Å². The topological polar surface area (TPSA) is 59.0 Å². The van der Waals surface area contributed by atoms with Gasteiger partial charge in [0.1, 0.15) is 0 Å². The SMILES string of the molecule is Cc1cc(C)c2sc(N(Cc3ccccn3)C(=O)c3ccc4ncsc4c3)nc2c1. The Morgan fingerprint density at radius 2 is 1.93 bits per heavy atom. The number of hydrogen-bond acceptors (Lipinski definition) is 6. The van der Waals surface area contributed by atoms with Gasteiger partial charge >= 0.3 is 0 Å². The molecule has 0 radical (unpaired) electrons. The number of carbonyl (C=O) groups excluding carboxylic acids is 1. The number of carbonyl (C=O) groups is 1. The molecule has 1 amide bonds. The molecule has 148 valence electrons. The third-order valence-electron chi connectivity index (χ3n) is 4.91. The van der Waals surface area contributed by atoms with Crippen molar-refractivity contribution < 1.29 is 4.79 Å². The van der Waals surface area contributed by atoms with Crippen LogP contribution in [-0.2, 0) is 6.54 Å². The summed E-state index contributed by atoms with van der Waals surface area (Å²) in [6.07, 6.45) is 1.74. The number of aryl methyl sites for hydroxylation is 2. The summed E-state index contributed by atoms with van der Waals surface area (Å²) >= 11 is 3.08. The van der Waals surface area contributed by atoms with E-state index in [0.29, 0.717) is 17.2 Å². The molecule has 0 aliphatic carbocycles. The number of thiazole rings is 2. The van der Waals surface area contributed by atoms with Crippen molar-refractivity contribution >= 4 is 54.1 Å². The molecule has 0 unspecified atom stereocenters. The molecule has 2 aromatic carbocycles. The molecule has 5 nitrogen and oxygen atoms in total. The zero-order valence-electron chi connectivity index (χ0n) is 16.5. The minimum atomic E-state index is -0.0932. The number of rotatable bonds is 4. The standard InChI is InChI=1S/C23H18N4OS2/c1-14-9-15(2)21-19(10-14)26-23(30-21)27(12-17-5-3-4-8-24-17)22(28)16-6-7-18-20(11-16)29-13-25-18/h3-11,13H,12H2,1-2H3. The van der Waals surface area contributed by atoms with Crippen LogP contribution in [0.25, 0.3) is 20.4 Å². The largest absolute Gasteiger partial charge is 0.278 e. The first kappa shape index (κ1) is 18.8. The lowest BCUT2D eigenvalue weighted by Crippen LogP contribution is -2.30. The lowest BCUT2D eigenvalue weighted by atomic mass is 10.1. The zero-order chi connectivity index (χ0) is 20.7. The third-order valence-corrected chi connectivity index (χ3v) is 6.93. The molecule has 0 aliphatic heterocycles. The van der Waals surface area contributed by atoms with Crippen LogP contribution in [0.1, 0.15) is 27.2 Å². The summed E-state index contributed by atoms with van der Waals surface area (Å²) < 4.78 is 2.10. The van der Waals surface area contributed by atoms with Crippen molar-refractivity contribution in [2.24, 2.45) is 0 Å². The van der Waals surface area contributed by atoms with Crippen molar-refractivity contribution in [3.05, 3.63) is 82.6 Å². The van der Waals surface area contributed by atoms with Gasteiger partial charge in [0, 0.05) is 11.8 Å². The molecule has 0 saturated heterocycles. The van der Waals surface area contributed by atoms with Gasteiger partial charge in [0.25, 0.3) is 5.91 Å². The quantitative estimate of drug-likeness (QED) is 0.363. The second kappa shape index (κ2) is 7.59. The number of pyridine rings is 1. The van der Waals surface area contributed by atoms with Crippen LogP contribution >= 0.6 is 22.7 Å². The van der Waals surface area contributed by atoms with E-state index < -0.39 is 0 Å². The second-order valence-corrected chi connectivity index (χ2v) is 9.04. The third kappa shape index (κ3) is 3.46. The maximum absolute atomic E-state index is 13.6. The number of aromatic nitrogens is 3. The average Bonchev–Trinajstić information content (AvgIpc) is 3.38. The van der Waals surface area contributed by atoms with E-state index in [9.17, 15) is 4.79 Å². The van der Waals surface area contributed by atoms with E-state index in [0.717, 1.165) is 31.7 Å². The molecule has 3 aromatic heterocycles. The highest BCUT2D eigenvalue weighted by atomic mass is 32.1. The highest BCUT2D eigenvalue weighted by molar-refractivity contribution is 7.22. The van der Waals surface area contributed by atoms with Crippen LogP contribution in [0.4, 0.5) is 5.13 Å². The van der Waals surface area contributed by atoms with Gasteiger partial charge in [0.15, 0.2) is 5.13 Å². The van der Waals surface area contributed by atoms with Crippen LogP contribution < -0.4 is 4.90 Å². The van der Waals surface area contributed by atoms with Gasteiger partial charge in [0.05, 0.1) is 38.2 Å². The molecule has 0 atom stereocenters. The van der Waals surface area contributed by atoms with Crippen LogP contribution in [-0.4, -0.2) is 20.9 Å². The van der Waals surface area contributed by atoms with Gasteiger partial charge in [-0.2, -0.15) is 0 Å². The second-order valence-electron chi connectivity index (χ2n) is 7.17. The fourth-order valence-electron chi connectivity index (χ4n) is 3.50. The Morgan fingerprint density at radius 1 is 1.03 bits per heavy atom. The van der Waals surface area contributed by atoms with Gasteiger partial charge in [0.2, 0.25) is 0 Å². The van der Waals surface area contributed by atoms with Gasteiger partial charge in [-0.25, -0.2) is 9.97 Å². The summed E-state index contributed by atoms with van der Waals surface area (Å²) in [6, 6.07) is 15.6. The maximum atomic E-state index is 13.6. The minimum absolute atomic E-state index is 0.0932. The van der Waals surface area contributed by atoms with Crippen molar-refractivity contribution in [3.8, 4) is 0 Å². The maximum Gasteiger partial charge on any atom is 0.260 e. The van der Waals surface area contributed by atoms with Gasteiger partial charge < -0.3 is 0 Å². The molecule has 30 heavy (non-hydrogen) atoms. The Bertz CT molecular complexity index is 1370. The molecule has 5 rings (SSSR count). The van der Waals surface area contributed by atoms with Crippen LogP contribution in [0.15, 0.2) is 60.2 Å². The van der Waals surface area contributed by atoms with Crippen molar-refractivity contribution in [3.63, 3.8) is 0 Å². The first-order chi connectivity index (χ1) is 14.6. The Balaban J connectivity index is 1.61. The molecule has 0 fully saturated rings. The van der Waals surface area contributed by atoms with E-state index in [1.807, 2.05) is 36.4 Å². The number of nitrogens with zero attached hydrogens (tertiary/aromatic N) is 4. The molecule has 0 N–H and O–H groups in total. The van der Waals surface area contributed by atoms with Crippen molar-refractivity contribution in [1.29, 1.82) is 0 Å². The van der Waals surface area contributed by atoms with Gasteiger partial charge in [-0.1, -0.05) is 23.5 Å². The number of benzene rings is 2. The fourth-order valence-corrected chi connectivity index (χ4v) is 5.23. The van der Waals surface area contributed by atoms with E-state index in [2.05, 4.69) is 35.9 Å². The Labute approximate surface area is 181 Å². The average molecular weight is 431 g/mol. The van der Waals surface area contributed by atoms with E-state index >= 15 is 0 Å². The molecule has 0 saturated carbocycles. The first-order valence-corrected chi connectivity index (χ1v) is 11.2. The van der Waals surface area contributed by atoms with E-state index in [1.54, 1.807) is 27.9 Å². The van der Waals surface area contributed by atoms with Gasteiger partial charge in [-0.3, -0.25) is 14.7 Å². The predicted molar refractivity (Wildman–Crippen MR) is 123 cm³/mol. The fraction of sp³-hybridized carbons (Fsp3) is 0.130. The highest BCUT2D eigenvalue weighted by Crippen LogP contribution is 2.34. The van der Waals surface area contributed by atoms with Crippen molar-refractivity contribution in [2.75, 3.05) is 4.90 Å². The van der Waals surface area contributed by atoms with Crippen molar-refractivity contribution in [1.82, 2.24) is 15.0 Å². The molecule has 0 spiro atoms. The summed E-state index contributed by atoms with van der Waals surface area (Å²) in [7, 11) is 0. The molecule has 5 aromatic rings. The normalized spacial score (nSPS) is 11.3. The Kier molecular flexibility index (Phi) is 4.77. The Morgan fingerprint density at radius 3 is 2.77 bits per heavy atom. The number of anilines is 1. The molecule has 3 heterocycles. The number of fused-ring (bicyclic) bond motifs is 2. The first-order valence-electron chi connectivity index (χ1n) is 9.51. The zero-order valence-corrected chi connectivity index (χ0v) is 18.1. The van der Waals surface area contributed by atoms with Crippen LogP contribution in [0.2, 0.25) is 0 Å². The van der Waals surface area contributed by atoms with Crippen molar-refractivity contribution in [2.45, 2.75) is 20.4 Å². The molecule has 7 heteroatoms. The van der Waals surface area contributed by atoms with Crippen LogP contribution in [0.3, 0.4) is 0 Å². The summed E-state index contributed by atoms with van der Waals surface area (Å²) in [4.78, 5) is 28.9. The van der Waals surface area contributed by atoms with E-state index in [-0.39, 0.29) is 5.91 Å². The van der Waals surface area contributed by atoms with E-state index in [1.165, 1.54) is 16.9 Å². The predicted octanol–water partition coefficient (Wildman–Crippen LogP) is 5.76. The molecule has 0 aliphatic rings. The molecule has 0 bridgehead atoms. The summed E-state index contributed by atoms with van der Waals surface area (Å²) in [5.74, 6) is -0.0932. The summed E-state index contributed by atoms with van der Waals surface area (Å²) in [6.45, 7) is 4.50. The lowest BCUT2D eigenvalue weighted by molar-refractivity contribution is 0.0985. The summed E-state index contributed by atoms with van der Waals surface area (Å²) in [5, 5.41) is 0.679. The Hall–Kier alpha value is -3.16. The smallest absolute Gasteiger partial charge is 0.260 e. The summed E-state index contributed by atoms with van der Waals surface area (Å²) in [5.41, 5.74) is 7.39. The monoisotopic (exact) mass is 430 g/mol. The number of hydrogen-bond donors (Lipinski definition) is 0. The lowest BCUT2D eigenvalue weighted by Gasteiger charge is -2.19.